The number of likely N-dealkylation sites (tertiary alicyclic amines) is 1. The molecule has 6 heteroatoms. The number of carbonyl (C=O) groups excluding carboxylic acids is 2. The van der Waals surface area contributed by atoms with E-state index in [0.717, 1.165) is 71.2 Å². The molecule has 3 atom stereocenters. The topological polar surface area (TPSA) is 68.7 Å². The van der Waals surface area contributed by atoms with Crippen molar-refractivity contribution >= 4 is 34.4 Å². The summed E-state index contributed by atoms with van der Waals surface area (Å²) < 4.78 is 11.2. The molecule has 0 unspecified atom stereocenters. The van der Waals surface area contributed by atoms with E-state index in [1.165, 1.54) is 0 Å². The Hall–Kier alpha value is -3.67. The Kier molecular flexibility index (Phi) is 8.21. The van der Waals surface area contributed by atoms with E-state index < -0.39 is 5.97 Å². The van der Waals surface area contributed by atoms with Crippen LogP contribution in [0, 0.1) is 11.3 Å². The van der Waals surface area contributed by atoms with Crippen LogP contribution in [0.2, 0.25) is 0 Å². The predicted molar refractivity (Wildman–Crippen MR) is 164 cm³/mol. The number of methoxy groups -OCH3 is 1. The number of esters is 1. The van der Waals surface area contributed by atoms with E-state index in [-0.39, 0.29) is 30.0 Å². The van der Waals surface area contributed by atoms with Gasteiger partial charge in [0.25, 0.3) is 5.91 Å². The number of nitrogens with zero attached hydrogens (tertiary/aromatic N) is 2. The summed E-state index contributed by atoms with van der Waals surface area (Å²) in [5.74, 6) is 0.522. The maximum atomic E-state index is 13.9. The lowest BCUT2D eigenvalue weighted by Crippen LogP contribution is -2.49. The van der Waals surface area contributed by atoms with Gasteiger partial charge in [-0.05, 0) is 98.3 Å². The van der Waals surface area contributed by atoms with Crippen LogP contribution in [0.15, 0.2) is 48.5 Å². The first kappa shape index (κ1) is 28.8. The zero-order valence-electron chi connectivity index (χ0n) is 25.2. The second kappa shape index (κ2) is 11.7. The summed E-state index contributed by atoms with van der Waals surface area (Å²) in [5.41, 5.74) is 5.20. The molecule has 0 spiro atoms. The van der Waals surface area contributed by atoms with Gasteiger partial charge in [0, 0.05) is 17.5 Å². The van der Waals surface area contributed by atoms with Crippen LogP contribution in [-0.4, -0.2) is 47.6 Å². The Labute approximate surface area is 243 Å². The first-order valence-electron chi connectivity index (χ1n) is 14.8. The van der Waals surface area contributed by atoms with Gasteiger partial charge in [0.05, 0.1) is 23.9 Å². The van der Waals surface area contributed by atoms with E-state index in [0.29, 0.717) is 11.5 Å². The highest BCUT2D eigenvalue weighted by molar-refractivity contribution is 6.07. The van der Waals surface area contributed by atoms with E-state index in [1.807, 2.05) is 53.4 Å². The number of ether oxygens (including phenoxy) is 2. The third-order valence-electron chi connectivity index (χ3n) is 8.91. The first-order valence-corrected chi connectivity index (χ1v) is 14.8. The number of hydrogen-bond acceptors (Lipinski definition) is 5. The minimum Gasteiger partial charge on any atom is -0.497 e. The van der Waals surface area contributed by atoms with Crippen molar-refractivity contribution in [2.75, 3.05) is 13.7 Å². The average Bonchev–Trinajstić information content (AvgIpc) is 2.94. The van der Waals surface area contributed by atoms with Crippen molar-refractivity contribution < 1.29 is 19.1 Å². The van der Waals surface area contributed by atoms with E-state index >= 15 is 0 Å². The van der Waals surface area contributed by atoms with Crippen molar-refractivity contribution in [1.82, 2.24) is 9.88 Å². The summed E-state index contributed by atoms with van der Waals surface area (Å²) in [6.07, 6.45) is 6.81. The van der Waals surface area contributed by atoms with Gasteiger partial charge in [0.2, 0.25) is 0 Å². The molecule has 1 fully saturated rings. The number of amides is 1. The Morgan fingerprint density at radius 1 is 1.00 bits per heavy atom. The van der Waals surface area contributed by atoms with Gasteiger partial charge in [-0.3, -0.25) is 4.79 Å². The van der Waals surface area contributed by atoms with Crippen LogP contribution in [0.4, 0.5) is 0 Å². The average molecular weight is 555 g/mol. The van der Waals surface area contributed by atoms with Gasteiger partial charge < -0.3 is 14.4 Å². The molecule has 0 N–H and O–H groups in total. The lowest BCUT2D eigenvalue weighted by Gasteiger charge is -2.39. The summed E-state index contributed by atoms with van der Waals surface area (Å²) in [7, 11) is 1.66. The van der Waals surface area contributed by atoms with Gasteiger partial charge in [0.1, 0.15) is 5.75 Å². The molecule has 1 amide bonds. The first-order chi connectivity index (χ1) is 19.6. The van der Waals surface area contributed by atoms with Gasteiger partial charge >= 0.3 is 5.97 Å². The Bertz CT molecular complexity index is 1460. The number of aromatic nitrogens is 1. The molecule has 2 aliphatic rings. The lowest BCUT2D eigenvalue weighted by atomic mass is 9.69. The number of pyridine rings is 1. The number of fused-ring (bicyclic) bond motifs is 2. The third-order valence-corrected chi connectivity index (χ3v) is 8.91. The van der Waals surface area contributed by atoms with Crippen molar-refractivity contribution in [2.24, 2.45) is 11.3 Å². The Morgan fingerprint density at radius 3 is 2.34 bits per heavy atom. The van der Waals surface area contributed by atoms with Crippen molar-refractivity contribution in [1.29, 1.82) is 0 Å². The monoisotopic (exact) mass is 554 g/mol. The lowest BCUT2D eigenvalue weighted by molar-refractivity contribution is -0.140. The molecule has 0 saturated carbocycles. The maximum Gasteiger partial charge on any atom is 0.339 e. The van der Waals surface area contributed by atoms with E-state index in [1.54, 1.807) is 7.11 Å². The van der Waals surface area contributed by atoms with E-state index in [2.05, 4.69) is 40.7 Å². The number of piperidine rings is 1. The zero-order chi connectivity index (χ0) is 29.3. The van der Waals surface area contributed by atoms with Crippen LogP contribution in [-0.2, 0) is 16.0 Å². The number of carbonyl (C=O) groups is 2. The molecule has 2 aromatic carbocycles. The van der Waals surface area contributed by atoms with Crippen molar-refractivity contribution in [3.05, 3.63) is 70.9 Å². The molecular formula is C35H42N2O4. The molecule has 1 saturated heterocycles. The number of benzene rings is 2. The van der Waals surface area contributed by atoms with Gasteiger partial charge in [-0.15, -0.1) is 0 Å². The van der Waals surface area contributed by atoms with Crippen LogP contribution >= 0.6 is 0 Å². The summed E-state index contributed by atoms with van der Waals surface area (Å²) in [4.78, 5) is 34.1. The molecule has 1 aliphatic carbocycles. The Morgan fingerprint density at radius 2 is 1.68 bits per heavy atom. The standard InChI is InChI=1S/C35H42N2O4/c1-22-10-9-11-23(2)37(22)31(38)21-41-34(39)32-28-12-7-8-13-30(28)36-33-25(18-24-14-16-27(40-6)17-15-24)19-26(20-29(32)33)35(3,4)5/h7-8,12-18,22-23,26H,9-11,19-21H2,1-6H3/b25-18-/t22-,23-,26+/m0/s1. The highest BCUT2D eigenvalue weighted by Gasteiger charge is 2.36. The summed E-state index contributed by atoms with van der Waals surface area (Å²) >= 11 is 0. The van der Waals surface area contributed by atoms with Crippen LogP contribution in [0.1, 0.15) is 87.5 Å². The quantitative estimate of drug-likeness (QED) is 0.309. The van der Waals surface area contributed by atoms with Crippen molar-refractivity contribution in [2.45, 2.75) is 78.8 Å². The van der Waals surface area contributed by atoms with Crippen LogP contribution in [0.3, 0.4) is 0 Å². The summed E-state index contributed by atoms with van der Waals surface area (Å²) in [6, 6.07) is 16.0. The minimum atomic E-state index is -0.455. The fraction of sp³-hybridized carbons (Fsp3) is 0.457. The normalized spacial score (nSPS) is 22.0. The second-order valence-electron chi connectivity index (χ2n) is 12.8. The van der Waals surface area contributed by atoms with Gasteiger partial charge in [-0.2, -0.15) is 0 Å². The molecule has 41 heavy (non-hydrogen) atoms. The minimum absolute atomic E-state index is 0.0139. The number of hydrogen-bond donors (Lipinski definition) is 0. The molecule has 2 heterocycles. The maximum absolute atomic E-state index is 13.9. The number of para-hydroxylation sites is 1. The zero-order valence-corrected chi connectivity index (χ0v) is 25.2. The van der Waals surface area contributed by atoms with E-state index in [9.17, 15) is 9.59 Å². The smallest absolute Gasteiger partial charge is 0.339 e. The third kappa shape index (κ3) is 6.02. The Balaban J connectivity index is 1.56. The van der Waals surface area contributed by atoms with Gasteiger partial charge in [-0.25, -0.2) is 9.78 Å². The molecule has 216 valence electrons. The number of allylic oxidation sites excluding steroid dienone is 1. The molecule has 6 nitrogen and oxygen atoms in total. The van der Waals surface area contributed by atoms with Crippen molar-refractivity contribution in [3.63, 3.8) is 0 Å². The highest BCUT2D eigenvalue weighted by Crippen LogP contribution is 2.45. The van der Waals surface area contributed by atoms with Crippen LogP contribution < -0.4 is 4.74 Å². The predicted octanol–water partition coefficient (Wildman–Crippen LogP) is 7.34. The van der Waals surface area contributed by atoms with Crippen LogP contribution in [0.5, 0.6) is 5.75 Å². The molecule has 0 radical (unpaired) electrons. The number of rotatable bonds is 5. The largest absolute Gasteiger partial charge is 0.497 e. The summed E-state index contributed by atoms with van der Waals surface area (Å²) in [5, 5.41) is 0.766. The highest BCUT2D eigenvalue weighted by atomic mass is 16.5. The molecule has 3 aromatic rings. The molecule has 5 rings (SSSR count). The molecule has 1 aromatic heterocycles. The fourth-order valence-electron chi connectivity index (χ4n) is 6.46. The SMILES string of the molecule is COc1ccc(/C=C2/C[C@@H](C(C)(C)C)Cc3c2nc2ccccc2c3C(=O)OCC(=O)N2[C@@H](C)CCC[C@@H]2C)cc1. The molecule has 1 aliphatic heterocycles. The summed E-state index contributed by atoms with van der Waals surface area (Å²) in [6.45, 7) is 10.6. The van der Waals surface area contributed by atoms with Crippen molar-refractivity contribution in [3.8, 4) is 5.75 Å². The van der Waals surface area contributed by atoms with Gasteiger partial charge in [-0.1, -0.05) is 51.1 Å². The fourth-order valence-corrected chi connectivity index (χ4v) is 6.46. The second-order valence-corrected chi connectivity index (χ2v) is 12.8. The molecule has 0 bridgehead atoms. The van der Waals surface area contributed by atoms with E-state index in [4.69, 9.17) is 14.5 Å². The van der Waals surface area contributed by atoms with Gasteiger partial charge in [0.15, 0.2) is 6.61 Å². The molecular weight excluding hydrogens is 512 g/mol. The van der Waals surface area contributed by atoms with Crippen LogP contribution in [0.25, 0.3) is 22.6 Å².